The number of nitrogens with zero attached hydrogens (tertiary/aromatic N) is 3. The molecule has 8 nitrogen and oxygen atoms in total. The summed E-state index contributed by atoms with van der Waals surface area (Å²) in [6.45, 7) is 4.30. The van der Waals surface area contributed by atoms with Crippen LogP contribution in [0.15, 0.2) is 50.7 Å². The third-order valence-electron chi connectivity index (χ3n) is 4.13. The third kappa shape index (κ3) is 2.62. The average molecular weight is 326 g/mol. The van der Waals surface area contributed by atoms with Crippen molar-refractivity contribution in [1.29, 1.82) is 0 Å². The van der Waals surface area contributed by atoms with E-state index in [2.05, 4.69) is 56.6 Å². The Kier molecular flexibility index (Phi) is 3.80. The molecule has 1 aliphatic heterocycles. The zero-order valence-corrected chi connectivity index (χ0v) is 13.6. The Labute approximate surface area is 137 Å². The minimum absolute atomic E-state index is 0.0772. The Bertz CT molecular complexity index is 938. The fraction of sp³-hybridized carbons (Fsp3) is 0.250. The molecule has 124 valence electrons. The summed E-state index contributed by atoms with van der Waals surface area (Å²) < 4.78 is 0. The maximum absolute atomic E-state index is 11.5. The van der Waals surface area contributed by atoms with Crippen molar-refractivity contribution >= 4 is 17.7 Å². The molecule has 24 heavy (non-hydrogen) atoms. The number of para-hydroxylation sites is 1. The summed E-state index contributed by atoms with van der Waals surface area (Å²) in [6.07, 6.45) is 3.44. The first-order valence-electron chi connectivity index (χ1n) is 7.43. The van der Waals surface area contributed by atoms with Gasteiger partial charge < -0.3 is 4.90 Å². The molecule has 0 unspecified atom stereocenters. The number of aromatic amines is 2. The predicted octanol–water partition coefficient (Wildman–Crippen LogP) is 1.17. The molecule has 0 aliphatic carbocycles. The van der Waals surface area contributed by atoms with E-state index in [0.29, 0.717) is 0 Å². The number of nitrogens with one attached hydrogen (secondary N) is 3. The standard InChI is InChI=1S/C16H18N6O2/c1-16(2)10-6-4-5-7-11(10)22(3)12(16)8-9-17-19-13-14(23)18-15(24)21-20-13/h4-9H,1-3H3,(H,19,20)(H2,18,21,23,24). The van der Waals surface area contributed by atoms with E-state index < -0.39 is 11.2 Å². The Hall–Kier alpha value is -3.16. The van der Waals surface area contributed by atoms with Crippen LogP contribution in [-0.4, -0.2) is 28.4 Å². The normalized spacial score (nSPS) is 17.5. The molecule has 0 fully saturated rings. The van der Waals surface area contributed by atoms with Gasteiger partial charge in [0.1, 0.15) is 0 Å². The summed E-state index contributed by atoms with van der Waals surface area (Å²) in [5.41, 5.74) is 4.56. The second-order valence-corrected chi connectivity index (χ2v) is 6.00. The van der Waals surface area contributed by atoms with Crippen LogP contribution in [0.4, 0.5) is 11.5 Å². The highest BCUT2D eigenvalue weighted by Gasteiger charge is 2.37. The molecule has 2 heterocycles. The Morgan fingerprint density at radius 3 is 2.75 bits per heavy atom. The lowest BCUT2D eigenvalue weighted by Crippen LogP contribution is -2.25. The molecule has 3 N–H and O–H groups in total. The Morgan fingerprint density at radius 2 is 2.04 bits per heavy atom. The second-order valence-electron chi connectivity index (χ2n) is 6.00. The van der Waals surface area contributed by atoms with Crippen LogP contribution in [0.1, 0.15) is 19.4 Å². The van der Waals surface area contributed by atoms with Crippen molar-refractivity contribution in [2.75, 3.05) is 17.4 Å². The van der Waals surface area contributed by atoms with Crippen LogP contribution in [0.3, 0.4) is 0 Å². The predicted molar refractivity (Wildman–Crippen MR) is 93.5 cm³/mol. The van der Waals surface area contributed by atoms with Gasteiger partial charge in [0.25, 0.3) is 5.56 Å². The summed E-state index contributed by atoms with van der Waals surface area (Å²) in [5, 5.41) is 9.70. The molecule has 0 saturated heterocycles. The number of rotatable bonds is 3. The molecule has 3 rings (SSSR count). The molecule has 8 heteroatoms. The van der Waals surface area contributed by atoms with Crippen LogP contribution < -0.4 is 21.6 Å². The molecule has 0 radical (unpaired) electrons. The van der Waals surface area contributed by atoms with Crippen molar-refractivity contribution in [2.45, 2.75) is 19.3 Å². The number of anilines is 2. The second kappa shape index (κ2) is 5.80. The van der Waals surface area contributed by atoms with Gasteiger partial charge in [-0.3, -0.25) is 15.2 Å². The number of H-pyrrole nitrogens is 2. The molecule has 1 aliphatic rings. The fourth-order valence-corrected chi connectivity index (χ4v) is 2.93. The number of fused-ring (bicyclic) bond motifs is 1. The number of allylic oxidation sites excluding steroid dienone is 2. The van der Waals surface area contributed by atoms with Crippen molar-refractivity contribution in [1.82, 2.24) is 15.2 Å². The zero-order chi connectivity index (χ0) is 17.3. The Morgan fingerprint density at radius 1 is 1.29 bits per heavy atom. The smallest absolute Gasteiger partial charge is 0.342 e. The van der Waals surface area contributed by atoms with Crippen molar-refractivity contribution in [3.63, 3.8) is 0 Å². The van der Waals surface area contributed by atoms with E-state index in [4.69, 9.17) is 0 Å². The van der Waals surface area contributed by atoms with Crippen LogP contribution in [0.5, 0.6) is 0 Å². The van der Waals surface area contributed by atoms with Gasteiger partial charge in [-0.15, -0.1) is 5.10 Å². The summed E-state index contributed by atoms with van der Waals surface area (Å²) >= 11 is 0. The van der Waals surface area contributed by atoms with Crippen molar-refractivity contribution in [3.05, 3.63) is 62.4 Å². The minimum Gasteiger partial charge on any atom is -0.347 e. The molecule has 1 aromatic heterocycles. The van der Waals surface area contributed by atoms with E-state index in [-0.39, 0.29) is 11.2 Å². The first-order chi connectivity index (χ1) is 11.4. The SMILES string of the molecule is CN1C(=CC=NNc2n[nH]c(=O)[nH]c2=O)C(C)(C)c2ccccc21. The molecular weight excluding hydrogens is 308 g/mol. The summed E-state index contributed by atoms with van der Waals surface area (Å²) in [7, 11) is 2.01. The molecular formula is C16H18N6O2. The topological polar surface area (TPSA) is 106 Å². The van der Waals surface area contributed by atoms with E-state index in [1.807, 2.05) is 25.3 Å². The van der Waals surface area contributed by atoms with Gasteiger partial charge in [-0.2, -0.15) is 5.10 Å². The highest BCUT2D eigenvalue weighted by molar-refractivity contribution is 5.79. The van der Waals surface area contributed by atoms with Gasteiger partial charge in [-0.1, -0.05) is 32.0 Å². The van der Waals surface area contributed by atoms with E-state index in [0.717, 1.165) is 11.4 Å². The molecule has 1 aromatic carbocycles. The molecule has 0 atom stereocenters. The van der Waals surface area contributed by atoms with Crippen LogP contribution >= 0.6 is 0 Å². The maximum atomic E-state index is 11.5. The quantitative estimate of drug-likeness (QED) is 0.580. The van der Waals surface area contributed by atoms with Gasteiger partial charge in [0, 0.05) is 30.1 Å². The lowest BCUT2D eigenvalue weighted by Gasteiger charge is -2.23. The van der Waals surface area contributed by atoms with E-state index in [9.17, 15) is 9.59 Å². The highest BCUT2D eigenvalue weighted by atomic mass is 16.2. The number of hydrogen-bond donors (Lipinski definition) is 3. The highest BCUT2D eigenvalue weighted by Crippen LogP contribution is 2.46. The first-order valence-corrected chi connectivity index (χ1v) is 7.43. The zero-order valence-electron chi connectivity index (χ0n) is 13.6. The van der Waals surface area contributed by atoms with Gasteiger partial charge >= 0.3 is 5.69 Å². The third-order valence-corrected chi connectivity index (χ3v) is 4.13. The van der Waals surface area contributed by atoms with Gasteiger partial charge in [-0.05, 0) is 17.7 Å². The van der Waals surface area contributed by atoms with Gasteiger partial charge in [0.2, 0.25) is 5.82 Å². The molecule has 2 aromatic rings. The molecule has 0 amide bonds. The van der Waals surface area contributed by atoms with E-state index in [1.54, 1.807) is 6.21 Å². The molecule has 0 spiro atoms. The minimum atomic E-state index is -0.663. The van der Waals surface area contributed by atoms with Crippen molar-refractivity contribution in [2.24, 2.45) is 5.10 Å². The van der Waals surface area contributed by atoms with Gasteiger partial charge in [0.15, 0.2) is 0 Å². The van der Waals surface area contributed by atoms with Gasteiger partial charge in [-0.25, -0.2) is 9.89 Å². The number of aromatic nitrogens is 3. The van der Waals surface area contributed by atoms with Crippen molar-refractivity contribution in [3.8, 4) is 0 Å². The number of benzene rings is 1. The summed E-state index contributed by atoms with van der Waals surface area (Å²) in [4.78, 5) is 26.6. The summed E-state index contributed by atoms with van der Waals surface area (Å²) in [5.74, 6) is -0.0772. The van der Waals surface area contributed by atoms with Crippen LogP contribution in [0.25, 0.3) is 0 Å². The monoisotopic (exact) mass is 326 g/mol. The first kappa shape index (κ1) is 15.7. The van der Waals surface area contributed by atoms with Crippen LogP contribution in [-0.2, 0) is 5.41 Å². The van der Waals surface area contributed by atoms with E-state index >= 15 is 0 Å². The number of hydrazone groups is 1. The summed E-state index contributed by atoms with van der Waals surface area (Å²) in [6, 6.07) is 8.24. The number of likely N-dealkylation sites (N-methyl/N-ethyl adjacent to an activating group) is 1. The van der Waals surface area contributed by atoms with Crippen molar-refractivity contribution < 1.29 is 0 Å². The maximum Gasteiger partial charge on any atom is 0.342 e. The largest absolute Gasteiger partial charge is 0.347 e. The van der Waals surface area contributed by atoms with Gasteiger partial charge in [0.05, 0.1) is 0 Å². The van der Waals surface area contributed by atoms with Crippen LogP contribution in [0, 0.1) is 0 Å². The Balaban J connectivity index is 1.82. The lowest BCUT2D eigenvalue weighted by atomic mass is 9.84. The lowest BCUT2D eigenvalue weighted by molar-refractivity contribution is 0.641. The number of hydrogen-bond acceptors (Lipinski definition) is 6. The fourth-order valence-electron chi connectivity index (χ4n) is 2.93. The van der Waals surface area contributed by atoms with E-state index in [1.165, 1.54) is 5.56 Å². The average Bonchev–Trinajstić information content (AvgIpc) is 2.74. The van der Waals surface area contributed by atoms with Crippen LogP contribution in [0.2, 0.25) is 0 Å². The molecule has 0 bridgehead atoms. The molecule has 0 saturated carbocycles.